The Morgan fingerprint density at radius 2 is 1.93 bits per heavy atom. The summed E-state index contributed by atoms with van der Waals surface area (Å²) < 4.78 is 0. The third-order valence-corrected chi connectivity index (χ3v) is 3.43. The van der Waals surface area contributed by atoms with Gasteiger partial charge in [0.2, 0.25) is 0 Å². The molecule has 1 aliphatic heterocycles. The van der Waals surface area contributed by atoms with Gasteiger partial charge < -0.3 is 0 Å². The summed E-state index contributed by atoms with van der Waals surface area (Å²) in [6.45, 7) is 3.64. The van der Waals surface area contributed by atoms with Crippen LogP contribution in [-0.4, -0.2) is 30.8 Å². The monoisotopic (exact) mass is 203 g/mol. The van der Waals surface area contributed by atoms with E-state index in [9.17, 15) is 4.79 Å². The highest BCUT2D eigenvalue weighted by atomic mass is 16.1. The zero-order valence-corrected chi connectivity index (χ0v) is 9.36. The first kappa shape index (κ1) is 10.4. The van der Waals surface area contributed by atoms with Crippen molar-refractivity contribution in [3.8, 4) is 0 Å². The molecule has 0 spiro atoms. The van der Waals surface area contributed by atoms with E-state index in [0.717, 1.165) is 18.5 Å². The summed E-state index contributed by atoms with van der Waals surface area (Å²) in [6.07, 6.45) is 0.923. The molecule has 2 nitrogen and oxygen atoms in total. The maximum atomic E-state index is 12.1. The van der Waals surface area contributed by atoms with Crippen LogP contribution in [0.2, 0.25) is 0 Å². The molecule has 1 atom stereocenters. The van der Waals surface area contributed by atoms with Crippen molar-refractivity contribution in [2.45, 2.75) is 18.8 Å². The summed E-state index contributed by atoms with van der Waals surface area (Å²) in [4.78, 5) is 14.2. The molecule has 0 amide bonds. The van der Waals surface area contributed by atoms with Gasteiger partial charge in [0.25, 0.3) is 0 Å². The molecule has 1 unspecified atom stereocenters. The molecule has 0 aliphatic carbocycles. The van der Waals surface area contributed by atoms with Gasteiger partial charge in [-0.3, -0.25) is 9.69 Å². The third-order valence-electron chi connectivity index (χ3n) is 3.43. The van der Waals surface area contributed by atoms with Gasteiger partial charge >= 0.3 is 0 Å². The number of benzene rings is 1. The normalized spacial score (nSPS) is 28.0. The largest absolute Gasteiger partial charge is 0.299 e. The zero-order valence-electron chi connectivity index (χ0n) is 9.36. The SMILES string of the molecule is CN1CCC(C)(c2ccccc2)C(=O)C1. The Morgan fingerprint density at radius 1 is 1.27 bits per heavy atom. The fourth-order valence-corrected chi connectivity index (χ4v) is 2.16. The number of hydrogen-bond donors (Lipinski definition) is 0. The van der Waals surface area contributed by atoms with E-state index in [4.69, 9.17) is 0 Å². The number of rotatable bonds is 1. The standard InChI is InChI=1S/C13H17NO/c1-13(11-6-4-3-5-7-11)8-9-14(2)10-12(13)15/h3-7H,8-10H2,1-2H3. The Labute approximate surface area is 90.9 Å². The molecule has 1 aromatic carbocycles. The van der Waals surface area contributed by atoms with Crippen molar-refractivity contribution in [3.05, 3.63) is 35.9 Å². The molecule has 1 saturated heterocycles. The summed E-state index contributed by atoms with van der Waals surface area (Å²) in [6, 6.07) is 10.1. The van der Waals surface area contributed by atoms with Gasteiger partial charge in [-0.15, -0.1) is 0 Å². The molecule has 1 heterocycles. The molecule has 1 aliphatic rings. The average molecular weight is 203 g/mol. The van der Waals surface area contributed by atoms with Crippen molar-refractivity contribution in [1.29, 1.82) is 0 Å². The Kier molecular flexibility index (Phi) is 2.61. The second kappa shape index (κ2) is 3.78. The number of nitrogens with zero attached hydrogens (tertiary/aromatic N) is 1. The molecule has 0 N–H and O–H groups in total. The molecule has 1 fully saturated rings. The highest BCUT2D eigenvalue weighted by Gasteiger charge is 2.38. The van der Waals surface area contributed by atoms with Gasteiger partial charge in [0, 0.05) is 0 Å². The van der Waals surface area contributed by atoms with Crippen LogP contribution in [0.5, 0.6) is 0 Å². The first-order valence-corrected chi connectivity index (χ1v) is 5.40. The number of likely N-dealkylation sites (N-methyl/N-ethyl adjacent to an activating group) is 1. The lowest BCUT2D eigenvalue weighted by atomic mass is 9.74. The smallest absolute Gasteiger partial charge is 0.157 e. The van der Waals surface area contributed by atoms with Gasteiger partial charge in [-0.05, 0) is 32.5 Å². The van der Waals surface area contributed by atoms with Gasteiger partial charge in [0.1, 0.15) is 0 Å². The predicted molar refractivity (Wildman–Crippen MR) is 60.9 cm³/mol. The number of likely N-dealkylation sites (tertiary alicyclic amines) is 1. The molecular formula is C13H17NO. The van der Waals surface area contributed by atoms with Crippen LogP contribution < -0.4 is 0 Å². The van der Waals surface area contributed by atoms with E-state index < -0.39 is 0 Å². The van der Waals surface area contributed by atoms with Gasteiger partial charge in [0.05, 0.1) is 12.0 Å². The molecule has 0 bridgehead atoms. The second-order valence-corrected chi connectivity index (χ2v) is 4.61. The number of piperidine rings is 1. The Balaban J connectivity index is 2.31. The van der Waals surface area contributed by atoms with E-state index in [2.05, 4.69) is 24.0 Å². The lowest BCUT2D eigenvalue weighted by Crippen LogP contribution is -2.47. The quantitative estimate of drug-likeness (QED) is 0.694. The summed E-state index contributed by atoms with van der Waals surface area (Å²) in [5.41, 5.74) is 0.886. The Hall–Kier alpha value is -1.15. The summed E-state index contributed by atoms with van der Waals surface area (Å²) in [5, 5.41) is 0. The van der Waals surface area contributed by atoms with Crippen molar-refractivity contribution in [3.63, 3.8) is 0 Å². The van der Waals surface area contributed by atoms with Crippen molar-refractivity contribution in [1.82, 2.24) is 4.90 Å². The van der Waals surface area contributed by atoms with Crippen LogP contribution in [0.3, 0.4) is 0 Å². The number of carbonyl (C=O) groups is 1. The van der Waals surface area contributed by atoms with E-state index in [1.54, 1.807) is 0 Å². The lowest BCUT2D eigenvalue weighted by molar-refractivity contribution is -0.127. The van der Waals surface area contributed by atoms with Gasteiger partial charge in [-0.25, -0.2) is 0 Å². The third kappa shape index (κ3) is 1.82. The zero-order chi connectivity index (χ0) is 10.9. The molecule has 0 aromatic heterocycles. The number of carbonyl (C=O) groups excluding carboxylic acids is 1. The summed E-state index contributed by atoms with van der Waals surface area (Å²) >= 11 is 0. The van der Waals surface area contributed by atoms with Crippen molar-refractivity contribution in [2.75, 3.05) is 20.1 Å². The van der Waals surface area contributed by atoms with Crippen molar-refractivity contribution >= 4 is 5.78 Å². The fraction of sp³-hybridized carbons (Fsp3) is 0.462. The van der Waals surface area contributed by atoms with Crippen LogP contribution in [0.4, 0.5) is 0 Å². The van der Waals surface area contributed by atoms with E-state index in [1.807, 2.05) is 25.2 Å². The van der Waals surface area contributed by atoms with E-state index >= 15 is 0 Å². The minimum absolute atomic E-state index is 0.270. The molecule has 0 radical (unpaired) electrons. The van der Waals surface area contributed by atoms with Gasteiger partial charge in [-0.1, -0.05) is 30.3 Å². The van der Waals surface area contributed by atoms with Crippen molar-refractivity contribution < 1.29 is 4.79 Å². The van der Waals surface area contributed by atoms with Crippen molar-refractivity contribution in [2.24, 2.45) is 0 Å². The van der Waals surface area contributed by atoms with Crippen LogP contribution in [0.1, 0.15) is 18.9 Å². The first-order valence-electron chi connectivity index (χ1n) is 5.40. The maximum Gasteiger partial charge on any atom is 0.157 e. The molecule has 1 aromatic rings. The minimum atomic E-state index is -0.270. The van der Waals surface area contributed by atoms with Gasteiger partial charge in [0.15, 0.2) is 5.78 Å². The van der Waals surface area contributed by atoms with E-state index in [1.165, 1.54) is 0 Å². The molecular weight excluding hydrogens is 186 g/mol. The maximum absolute atomic E-state index is 12.1. The second-order valence-electron chi connectivity index (χ2n) is 4.61. The predicted octanol–water partition coefficient (Wildman–Crippen LogP) is 1.85. The average Bonchev–Trinajstić information content (AvgIpc) is 2.25. The Bertz CT molecular complexity index is 360. The minimum Gasteiger partial charge on any atom is -0.299 e. The highest BCUT2D eigenvalue weighted by molar-refractivity contribution is 5.92. The van der Waals surface area contributed by atoms with E-state index in [0.29, 0.717) is 12.3 Å². The van der Waals surface area contributed by atoms with Crippen LogP contribution in [-0.2, 0) is 10.2 Å². The van der Waals surface area contributed by atoms with Gasteiger partial charge in [-0.2, -0.15) is 0 Å². The molecule has 0 saturated carbocycles. The van der Waals surface area contributed by atoms with Crippen LogP contribution in [0.25, 0.3) is 0 Å². The van der Waals surface area contributed by atoms with Crippen LogP contribution >= 0.6 is 0 Å². The molecule has 2 rings (SSSR count). The summed E-state index contributed by atoms with van der Waals surface area (Å²) in [7, 11) is 2.00. The fourth-order valence-electron chi connectivity index (χ4n) is 2.16. The topological polar surface area (TPSA) is 20.3 Å². The van der Waals surface area contributed by atoms with E-state index in [-0.39, 0.29) is 5.41 Å². The molecule has 80 valence electrons. The number of hydrogen-bond acceptors (Lipinski definition) is 2. The molecule has 2 heteroatoms. The number of Topliss-reactive ketones (excluding diaryl/α,β-unsaturated/α-hetero) is 1. The molecule has 15 heavy (non-hydrogen) atoms. The Morgan fingerprint density at radius 3 is 2.53 bits per heavy atom. The first-order chi connectivity index (χ1) is 7.13. The number of ketones is 1. The van der Waals surface area contributed by atoms with Crippen LogP contribution in [0, 0.1) is 0 Å². The lowest BCUT2D eigenvalue weighted by Gasteiger charge is -2.36. The van der Waals surface area contributed by atoms with Crippen LogP contribution in [0.15, 0.2) is 30.3 Å². The highest BCUT2D eigenvalue weighted by Crippen LogP contribution is 2.31. The summed E-state index contributed by atoms with van der Waals surface area (Å²) in [5.74, 6) is 0.336.